The first-order valence-electron chi connectivity index (χ1n) is 6.13. The highest BCUT2D eigenvalue weighted by atomic mass is 32.1. The molecule has 0 unspecified atom stereocenters. The molecule has 1 fully saturated rings. The molecule has 0 saturated heterocycles. The van der Waals surface area contributed by atoms with Crippen molar-refractivity contribution >= 4 is 17.2 Å². The third-order valence-corrected chi connectivity index (χ3v) is 3.91. The van der Waals surface area contributed by atoms with E-state index in [1.807, 2.05) is 22.4 Å². The molecule has 1 aliphatic rings. The second kappa shape index (κ2) is 4.97. The molecule has 6 heteroatoms. The summed E-state index contributed by atoms with van der Waals surface area (Å²) >= 11 is 1.64. The fraction of sp³-hybridized carbons (Fsp3) is 0.308. The van der Waals surface area contributed by atoms with E-state index in [-0.39, 0.29) is 11.5 Å². The van der Waals surface area contributed by atoms with Gasteiger partial charge >= 0.3 is 0 Å². The Labute approximate surface area is 113 Å². The van der Waals surface area contributed by atoms with Gasteiger partial charge in [0.05, 0.1) is 6.54 Å². The summed E-state index contributed by atoms with van der Waals surface area (Å²) in [6.07, 6.45) is 2.08. The lowest BCUT2D eigenvalue weighted by molar-refractivity contribution is 0.0724. The van der Waals surface area contributed by atoms with Gasteiger partial charge in [-0.15, -0.1) is 11.3 Å². The summed E-state index contributed by atoms with van der Waals surface area (Å²) in [5.41, 5.74) is -0.00386. The molecule has 3 rings (SSSR count). The fourth-order valence-electron chi connectivity index (χ4n) is 1.93. The first kappa shape index (κ1) is 12.1. The predicted molar refractivity (Wildman–Crippen MR) is 72.1 cm³/mol. The number of rotatable bonds is 4. The molecule has 0 aliphatic heterocycles. The van der Waals surface area contributed by atoms with Crippen molar-refractivity contribution in [3.63, 3.8) is 0 Å². The molecule has 0 bridgehead atoms. The molecule has 0 radical (unpaired) electrons. The molecule has 5 nitrogen and oxygen atoms in total. The number of hydrogen-bond acceptors (Lipinski definition) is 4. The lowest BCUT2D eigenvalue weighted by Gasteiger charge is -2.21. The molecular weight excluding hydrogens is 262 g/mol. The van der Waals surface area contributed by atoms with Crippen molar-refractivity contribution in [2.24, 2.45) is 0 Å². The first-order chi connectivity index (χ1) is 9.24. The molecule has 2 heterocycles. The van der Waals surface area contributed by atoms with Gasteiger partial charge in [0.15, 0.2) is 0 Å². The topological polar surface area (TPSA) is 66.1 Å². The summed E-state index contributed by atoms with van der Waals surface area (Å²) in [5.74, 6) is -0.118. The number of amides is 1. The maximum atomic E-state index is 12.4. The van der Waals surface area contributed by atoms with Gasteiger partial charge in [0.25, 0.3) is 11.5 Å². The number of hydrogen-bond donors (Lipinski definition) is 1. The van der Waals surface area contributed by atoms with E-state index in [4.69, 9.17) is 0 Å². The number of carbonyl (C=O) groups excluding carboxylic acids is 1. The lowest BCUT2D eigenvalue weighted by atomic mass is 10.3. The van der Waals surface area contributed by atoms with Crippen LogP contribution in [-0.4, -0.2) is 27.0 Å². The number of nitrogens with zero attached hydrogens (tertiary/aromatic N) is 2. The van der Waals surface area contributed by atoms with Gasteiger partial charge < -0.3 is 4.90 Å². The minimum Gasteiger partial charge on any atom is -0.329 e. The van der Waals surface area contributed by atoms with E-state index in [0.717, 1.165) is 17.7 Å². The number of nitrogens with one attached hydrogen (secondary N) is 1. The summed E-state index contributed by atoms with van der Waals surface area (Å²) in [6.45, 7) is 0.613. The third-order valence-electron chi connectivity index (χ3n) is 3.05. The minimum atomic E-state index is -0.298. The van der Waals surface area contributed by atoms with Crippen LogP contribution >= 0.6 is 11.3 Å². The van der Waals surface area contributed by atoms with E-state index in [1.54, 1.807) is 11.3 Å². The molecule has 1 aliphatic carbocycles. The lowest BCUT2D eigenvalue weighted by Crippen LogP contribution is -2.33. The normalized spacial score (nSPS) is 14.3. The van der Waals surface area contributed by atoms with Crippen LogP contribution in [0.25, 0.3) is 0 Å². The van der Waals surface area contributed by atoms with Gasteiger partial charge in [-0.2, -0.15) is 5.10 Å². The van der Waals surface area contributed by atoms with Crippen LogP contribution in [0.4, 0.5) is 0 Å². The summed E-state index contributed by atoms with van der Waals surface area (Å²) in [4.78, 5) is 26.4. The van der Waals surface area contributed by atoms with E-state index in [0.29, 0.717) is 18.3 Å². The summed E-state index contributed by atoms with van der Waals surface area (Å²) in [6, 6.07) is 7.12. The number of carbonyl (C=O) groups is 1. The zero-order valence-electron chi connectivity index (χ0n) is 10.2. The average molecular weight is 275 g/mol. The SMILES string of the molecule is O=C(c1ccc(=O)[nH]n1)N(Cc1cccs1)C1CC1. The Morgan fingerprint density at radius 3 is 2.84 bits per heavy atom. The molecule has 2 aromatic heterocycles. The van der Waals surface area contributed by atoms with E-state index >= 15 is 0 Å². The van der Waals surface area contributed by atoms with Crippen molar-refractivity contribution < 1.29 is 4.79 Å². The van der Waals surface area contributed by atoms with Crippen LogP contribution < -0.4 is 5.56 Å². The fourth-order valence-corrected chi connectivity index (χ4v) is 2.64. The van der Waals surface area contributed by atoms with Crippen molar-refractivity contribution in [2.45, 2.75) is 25.4 Å². The number of aromatic nitrogens is 2. The molecule has 1 amide bonds. The Balaban J connectivity index is 1.81. The second-order valence-electron chi connectivity index (χ2n) is 4.55. The zero-order chi connectivity index (χ0) is 13.2. The van der Waals surface area contributed by atoms with Crippen molar-refractivity contribution in [3.05, 3.63) is 50.6 Å². The molecule has 0 spiro atoms. The Kier molecular flexibility index (Phi) is 3.16. The van der Waals surface area contributed by atoms with Crippen molar-refractivity contribution in [1.82, 2.24) is 15.1 Å². The van der Waals surface area contributed by atoms with E-state index < -0.39 is 0 Å². The molecule has 2 aromatic rings. The third kappa shape index (κ3) is 2.73. The molecule has 19 heavy (non-hydrogen) atoms. The van der Waals surface area contributed by atoms with Crippen molar-refractivity contribution in [2.75, 3.05) is 0 Å². The molecule has 98 valence electrons. The molecule has 1 saturated carbocycles. The van der Waals surface area contributed by atoms with Crippen LogP contribution in [0.2, 0.25) is 0 Å². The summed E-state index contributed by atoms with van der Waals surface area (Å²) < 4.78 is 0. The highest BCUT2D eigenvalue weighted by Crippen LogP contribution is 2.30. The largest absolute Gasteiger partial charge is 0.329 e. The Morgan fingerprint density at radius 2 is 2.26 bits per heavy atom. The number of thiophene rings is 1. The Bertz CT molecular complexity index is 611. The van der Waals surface area contributed by atoms with Gasteiger partial charge in [-0.05, 0) is 30.4 Å². The quantitative estimate of drug-likeness (QED) is 0.922. The van der Waals surface area contributed by atoms with E-state index in [1.165, 1.54) is 12.1 Å². The number of aromatic amines is 1. The minimum absolute atomic E-state index is 0.118. The standard InChI is InChI=1S/C13H13N3O2S/c17-12-6-5-11(14-15-12)13(18)16(9-3-4-9)8-10-2-1-7-19-10/h1-2,5-7,9H,3-4,8H2,(H,15,17). The highest BCUT2D eigenvalue weighted by Gasteiger charge is 2.33. The first-order valence-corrected chi connectivity index (χ1v) is 7.01. The van der Waals surface area contributed by atoms with Gasteiger partial charge in [0.1, 0.15) is 5.69 Å². The average Bonchev–Trinajstić information content (AvgIpc) is 3.13. The van der Waals surface area contributed by atoms with Gasteiger partial charge in [0.2, 0.25) is 0 Å². The molecule has 0 aromatic carbocycles. The van der Waals surface area contributed by atoms with Gasteiger partial charge in [-0.25, -0.2) is 5.10 Å². The zero-order valence-corrected chi connectivity index (χ0v) is 11.0. The molecule has 0 atom stereocenters. The second-order valence-corrected chi connectivity index (χ2v) is 5.58. The van der Waals surface area contributed by atoms with Gasteiger partial charge in [-0.3, -0.25) is 9.59 Å². The monoisotopic (exact) mass is 275 g/mol. The van der Waals surface area contributed by atoms with Gasteiger partial charge in [0, 0.05) is 17.0 Å². The van der Waals surface area contributed by atoms with Crippen LogP contribution in [-0.2, 0) is 6.54 Å². The van der Waals surface area contributed by atoms with Gasteiger partial charge in [-0.1, -0.05) is 6.07 Å². The Hall–Kier alpha value is -1.95. The van der Waals surface area contributed by atoms with E-state index in [2.05, 4.69) is 10.2 Å². The van der Waals surface area contributed by atoms with Crippen LogP contribution in [0.3, 0.4) is 0 Å². The smallest absolute Gasteiger partial charge is 0.274 e. The van der Waals surface area contributed by atoms with Crippen LogP contribution in [0, 0.1) is 0 Å². The molecular formula is C13H13N3O2S. The van der Waals surface area contributed by atoms with Crippen molar-refractivity contribution in [1.29, 1.82) is 0 Å². The van der Waals surface area contributed by atoms with E-state index in [9.17, 15) is 9.59 Å². The predicted octanol–water partition coefficient (Wildman–Crippen LogP) is 1.64. The van der Waals surface area contributed by atoms with Crippen molar-refractivity contribution in [3.8, 4) is 0 Å². The Morgan fingerprint density at radius 1 is 1.42 bits per heavy atom. The molecule has 1 N–H and O–H groups in total. The van der Waals surface area contributed by atoms with Crippen LogP contribution in [0.15, 0.2) is 34.4 Å². The van der Waals surface area contributed by atoms with Crippen LogP contribution in [0.1, 0.15) is 28.2 Å². The summed E-state index contributed by atoms with van der Waals surface area (Å²) in [5, 5.41) is 8.12. The highest BCUT2D eigenvalue weighted by molar-refractivity contribution is 7.09. The summed E-state index contributed by atoms with van der Waals surface area (Å²) in [7, 11) is 0. The maximum absolute atomic E-state index is 12.4. The van der Waals surface area contributed by atoms with Crippen LogP contribution in [0.5, 0.6) is 0 Å². The number of H-pyrrole nitrogens is 1. The maximum Gasteiger partial charge on any atom is 0.274 e.